The Bertz CT molecular complexity index is 845. The second-order valence-corrected chi connectivity index (χ2v) is 10.9. The van der Waals surface area contributed by atoms with E-state index in [0.717, 1.165) is 60.3 Å². The topological polar surface area (TPSA) is 81.7 Å². The van der Waals surface area contributed by atoms with Crippen LogP contribution in [0.3, 0.4) is 0 Å². The third-order valence-corrected chi connectivity index (χ3v) is 7.10. The summed E-state index contributed by atoms with van der Waals surface area (Å²) in [7, 11) is 0. The highest BCUT2D eigenvalue weighted by atomic mass is 32.1. The Hall–Kier alpha value is -1.89. The van der Waals surface area contributed by atoms with Crippen molar-refractivity contribution < 1.29 is 23.9 Å². The number of ether oxygens (including phenoxy) is 2. The van der Waals surface area contributed by atoms with Crippen LogP contribution in [0, 0.1) is 11.8 Å². The van der Waals surface area contributed by atoms with Gasteiger partial charge in [-0.1, -0.05) is 0 Å². The van der Waals surface area contributed by atoms with Gasteiger partial charge in [-0.15, -0.1) is 11.3 Å². The Morgan fingerprint density at radius 3 is 2.47 bits per heavy atom. The molecule has 3 aliphatic carbocycles. The van der Waals surface area contributed by atoms with Crippen LogP contribution in [0.2, 0.25) is 0 Å². The zero-order valence-corrected chi connectivity index (χ0v) is 18.9. The maximum absolute atomic E-state index is 13.0. The normalized spacial score (nSPS) is 21.0. The van der Waals surface area contributed by atoms with Gasteiger partial charge in [-0.2, -0.15) is 0 Å². The molecule has 1 aromatic rings. The molecule has 1 unspecified atom stereocenters. The first-order chi connectivity index (χ1) is 14.2. The average molecular weight is 434 g/mol. The van der Waals surface area contributed by atoms with Crippen LogP contribution < -0.4 is 5.32 Å². The number of nitrogens with one attached hydrogen (secondary N) is 1. The average Bonchev–Trinajstić information content (AvgIpc) is 3.55. The van der Waals surface area contributed by atoms with Crippen LogP contribution in [-0.2, 0) is 27.1 Å². The minimum atomic E-state index is -0.573. The molecule has 0 bridgehead atoms. The van der Waals surface area contributed by atoms with E-state index in [1.165, 1.54) is 11.3 Å². The summed E-state index contributed by atoms with van der Waals surface area (Å²) in [4.78, 5) is 39.6. The second-order valence-electron chi connectivity index (χ2n) is 9.79. The quantitative estimate of drug-likeness (QED) is 0.628. The van der Waals surface area contributed by atoms with Crippen molar-refractivity contribution in [2.24, 2.45) is 11.8 Å². The van der Waals surface area contributed by atoms with E-state index < -0.39 is 11.7 Å². The van der Waals surface area contributed by atoms with E-state index in [2.05, 4.69) is 5.32 Å². The first-order valence-electron chi connectivity index (χ1n) is 11.0. The summed E-state index contributed by atoms with van der Waals surface area (Å²) in [5, 5.41) is 2.97. The fraction of sp³-hybridized carbons (Fsp3) is 0.696. The molecule has 1 amide bonds. The van der Waals surface area contributed by atoms with Crippen molar-refractivity contribution in [3.8, 4) is 0 Å². The summed E-state index contributed by atoms with van der Waals surface area (Å²) in [5.41, 5.74) is 0.962. The maximum Gasteiger partial charge on any atom is 0.408 e. The lowest BCUT2D eigenvalue weighted by Crippen LogP contribution is -2.35. The summed E-state index contributed by atoms with van der Waals surface area (Å²) in [6.07, 6.45) is 6.39. The van der Waals surface area contributed by atoms with Crippen molar-refractivity contribution in [1.29, 1.82) is 0 Å². The van der Waals surface area contributed by atoms with Crippen molar-refractivity contribution >= 4 is 29.2 Å². The Kier molecular flexibility index (Phi) is 5.93. The van der Waals surface area contributed by atoms with Crippen LogP contribution in [-0.4, -0.2) is 30.1 Å². The van der Waals surface area contributed by atoms with Crippen molar-refractivity contribution in [2.75, 3.05) is 6.61 Å². The highest BCUT2D eigenvalue weighted by Gasteiger charge is 2.36. The number of carbonyl (C=O) groups excluding carboxylic acids is 3. The van der Waals surface area contributed by atoms with Gasteiger partial charge >= 0.3 is 12.1 Å². The van der Waals surface area contributed by atoms with Crippen LogP contribution in [0.5, 0.6) is 0 Å². The molecule has 1 N–H and O–H groups in total. The number of carbonyl (C=O) groups is 3. The predicted octanol–water partition coefficient (Wildman–Crippen LogP) is 4.74. The second kappa shape index (κ2) is 8.33. The molecule has 0 saturated heterocycles. The van der Waals surface area contributed by atoms with E-state index in [9.17, 15) is 14.4 Å². The third-order valence-electron chi connectivity index (χ3n) is 5.76. The van der Waals surface area contributed by atoms with Crippen LogP contribution >= 0.6 is 11.3 Å². The molecule has 2 fully saturated rings. The van der Waals surface area contributed by atoms with Gasteiger partial charge in [-0.25, -0.2) is 9.59 Å². The Morgan fingerprint density at radius 2 is 1.83 bits per heavy atom. The van der Waals surface area contributed by atoms with E-state index in [-0.39, 0.29) is 30.1 Å². The fourth-order valence-electron chi connectivity index (χ4n) is 3.89. The number of hydrogen-bond acceptors (Lipinski definition) is 6. The van der Waals surface area contributed by atoms with Gasteiger partial charge in [0.2, 0.25) is 0 Å². The first kappa shape index (κ1) is 21.3. The number of rotatable bonds is 7. The van der Waals surface area contributed by atoms with E-state index >= 15 is 0 Å². The maximum atomic E-state index is 13.0. The molecule has 1 heterocycles. The summed E-state index contributed by atoms with van der Waals surface area (Å²) in [5.74, 6) is 0.536. The smallest absolute Gasteiger partial charge is 0.408 e. The minimum absolute atomic E-state index is 0.148. The van der Waals surface area contributed by atoms with E-state index in [4.69, 9.17) is 9.47 Å². The zero-order valence-electron chi connectivity index (χ0n) is 18.0. The predicted molar refractivity (Wildman–Crippen MR) is 114 cm³/mol. The van der Waals surface area contributed by atoms with Crippen LogP contribution in [0.1, 0.15) is 91.0 Å². The van der Waals surface area contributed by atoms with Gasteiger partial charge in [0.05, 0.1) is 18.2 Å². The number of amides is 1. The highest BCUT2D eigenvalue weighted by Crippen LogP contribution is 2.42. The molecular formula is C23H31NO5S. The zero-order chi connectivity index (χ0) is 21.5. The standard InChI is InChI=1S/C23H31NO5S/c1-23(2,3)29-22(27)24-16-6-4-5-15-19(21(26)28-12-13-7-8-13)18(30-20(15)16)11-17(25)14-9-10-14/h13-14,16H,4-12H2,1-3H3,(H,24,27). The number of fused-ring (bicyclic) bond motifs is 1. The van der Waals surface area contributed by atoms with E-state index in [1.54, 1.807) is 0 Å². The van der Waals surface area contributed by atoms with Crippen molar-refractivity contribution in [2.45, 2.75) is 83.8 Å². The summed E-state index contributed by atoms with van der Waals surface area (Å²) in [6, 6.07) is -0.201. The molecule has 0 spiro atoms. The number of hydrogen-bond donors (Lipinski definition) is 1. The number of alkyl carbamates (subject to hydrolysis) is 1. The third kappa shape index (κ3) is 5.23. The van der Waals surface area contributed by atoms with Crippen LogP contribution in [0.25, 0.3) is 0 Å². The molecule has 0 aliphatic heterocycles. The highest BCUT2D eigenvalue weighted by molar-refractivity contribution is 7.12. The van der Waals surface area contributed by atoms with Gasteiger partial charge in [0, 0.05) is 22.1 Å². The van der Waals surface area contributed by atoms with Gasteiger partial charge in [0.1, 0.15) is 11.4 Å². The molecular weight excluding hydrogens is 402 g/mol. The van der Waals surface area contributed by atoms with Crippen LogP contribution in [0.15, 0.2) is 0 Å². The molecule has 7 heteroatoms. The van der Waals surface area contributed by atoms with E-state index in [1.807, 2.05) is 20.8 Å². The molecule has 164 valence electrons. The minimum Gasteiger partial charge on any atom is -0.462 e. The molecule has 1 atom stereocenters. The van der Waals surface area contributed by atoms with Gasteiger partial charge in [-0.3, -0.25) is 4.79 Å². The number of Topliss-reactive ketones (excluding diaryl/α,β-unsaturated/α-hetero) is 1. The molecule has 3 aliphatic rings. The number of esters is 1. The van der Waals surface area contributed by atoms with Gasteiger partial charge in [0.15, 0.2) is 0 Å². The molecule has 1 aromatic heterocycles. The largest absolute Gasteiger partial charge is 0.462 e. The van der Waals surface area contributed by atoms with Crippen molar-refractivity contribution in [3.63, 3.8) is 0 Å². The molecule has 0 aromatic carbocycles. The van der Waals surface area contributed by atoms with Gasteiger partial charge < -0.3 is 14.8 Å². The molecule has 0 radical (unpaired) electrons. The van der Waals surface area contributed by atoms with Gasteiger partial charge in [-0.05, 0) is 77.2 Å². The van der Waals surface area contributed by atoms with Gasteiger partial charge in [0.25, 0.3) is 0 Å². The fourth-order valence-corrected chi connectivity index (χ4v) is 5.32. The molecule has 2 saturated carbocycles. The molecule has 6 nitrogen and oxygen atoms in total. The summed E-state index contributed by atoms with van der Waals surface area (Å²) >= 11 is 1.49. The van der Waals surface area contributed by atoms with E-state index in [0.29, 0.717) is 18.1 Å². The SMILES string of the molecule is CC(C)(C)OC(=O)NC1CCCc2c1sc(CC(=O)C1CC1)c2C(=O)OCC1CC1. The monoisotopic (exact) mass is 433 g/mol. The van der Waals surface area contributed by atoms with Crippen molar-refractivity contribution in [3.05, 3.63) is 20.9 Å². The number of thiophene rings is 1. The first-order valence-corrected chi connectivity index (χ1v) is 11.9. The summed E-state index contributed by atoms with van der Waals surface area (Å²) < 4.78 is 11.0. The lowest BCUT2D eigenvalue weighted by atomic mass is 9.91. The van der Waals surface area contributed by atoms with Crippen LogP contribution in [0.4, 0.5) is 4.79 Å². The Morgan fingerprint density at radius 1 is 1.10 bits per heavy atom. The van der Waals surface area contributed by atoms with Crippen molar-refractivity contribution in [1.82, 2.24) is 5.32 Å². The Labute approximate surface area is 181 Å². The lowest BCUT2D eigenvalue weighted by molar-refractivity contribution is -0.119. The lowest BCUT2D eigenvalue weighted by Gasteiger charge is -2.26. The molecule has 30 heavy (non-hydrogen) atoms. The molecule has 4 rings (SSSR count). The number of ketones is 1. The summed E-state index contributed by atoms with van der Waals surface area (Å²) in [6.45, 7) is 5.96. The Balaban J connectivity index is 1.57.